The standard InChI is InChI=1S/C34H28N6O2/c1-38(2)22-23-10-12-24(13-11-23)33(41)37-25-14-16-26(17-15-25)39(34-35-20-18-27-19-21-36-40(27)34)30-8-5-7-29-28-6-3-4-9-31(28)42-32(29)30/h3-21H,22H2,1-2H3,(H,37,41). The molecule has 0 radical (unpaired) electrons. The van der Waals surface area contributed by atoms with Gasteiger partial charge in [0.2, 0.25) is 5.95 Å². The van der Waals surface area contributed by atoms with Crippen LogP contribution in [0, 0.1) is 0 Å². The number of anilines is 4. The molecule has 0 fully saturated rings. The molecule has 0 bridgehead atoms. The summed E-state index contributed by atoms with van der Waals surface area (Å²) in [6.45, 7) is 0.822. The molecule has 7 aromatic rings. The molecule has 8 nitrogen and oxygen atoms in total. The monoisotopic (exact) mass is 552 g/mol. The molecule has 0 saturated carbocycles. The molecule has 0 spiro atoms. The SMILES string of the molecule is CN(C)Cc1ccc(C(=O)Nc2ccc(N(c3cccc4c3oc3ccccc34)c3nccc4ccnn34)cc2)cc1. The van der Waals surface area contributed by atoms with E-state index in [9.17, 15) is 4.79 Å². The van der Waals surface area contributed by atoms with Gasteiger partial charge in [-0.15, -0.1) is 0 Å². The molecule has 0 atom stereocenters. The number of fused-ring (bicyclic) bond motifs is 4. The van der Waals surface area contributed by atoms with Crippen molar-refractivity contribution in [1.29, 1.82) is 0 Å². The Hall–Kier alpha value is -5.47. The molecule has 8 heteroatoms. The van der Waals surface area contributed by atoms with Crippen LogP contribution >= 0.6 is 0 Å². The maximum Gasteiger partial charge on any atom is 0.255 e. The summed E-state index contributed by atoms with van der Waals surface area (Å²) >= 11 is 0. The molecule has 0 unspecified atom stereocenters. The van der Waals surface area contributed by atoms with E-state index in [1.165, 1.54) is 0 Å². The second kappa shape index (κ2) is 10.5. The first-order chi connectivity index (χ1) is 20.5. The lowest BCUT2D eigenvalue weighted by atomic mass is 10.1. The second-order valence-electron chi connectivity index (χ2n) is 10.4. The highest BCUT2D eigenvalue weighted by Gasteiger charge is 2.22. The second-order valence-corrected chi connectivity index (χ2v) is 10.4. The van der Waals surface area contributed by atoms with Gasteiger partial charge in [0.25, 0.3) is 5.91 Å². The fourth-order valence-corrected chi connectivity index (χ4v) is 5.29. The number of amides is 1. The summed E-state index contributed by atoms with van der Waals surface area (Å²) < 4.78 is 8.20. The quantitative estimate of drug-likeness (QED) is 0.222. The van der Waals surface area contributed by atoms with E-state index in [2.05, 4.69) is 27.4 Å². The van der Waals surface area contributed by atoms with E-state index in [-0.39, 0.29) is 5.91 Å². The molecule has 0 aliphatic heterocycles. The summed E-state index contributed by atoms with van der Waals surface area (Å²) in [5.41, 5.74) is 6.60. The van der Waals surface area contributed by atoms with E-state index in [1.807, 2.05) is 110 Å². The molecular formula is C34H28N6O2. The van der Waals surface area contributed by atoms with Gasteiger partial charge in [-0.25, -0.2) is 4.98 Å². The summed E-state index contributed by atoms with van der Waals surface area (Å²) in [6, 6.07) is 33.4. The Kier molecular flexibility index (Phi) is 6.37. The summed E-state index contributed by atoms with van der Waals surface area (Å²) in [5.74, 6) is 0.450. The summed E-state index contributed by atoms with van der Waals surface area (Å²) in [4.78, 5) is 21.9. The van der Waals surface area contributed by atoms with Gasteiger partial charge in [0.1, 0.15) is 5.58 Å². The Labute approximate surface area is 242 Å². The summed E-state index contributed by atoms with van der Waals surface area (Å²) in [7, 11) is 4.04. The van der Waals surface area contributed by atoms with Gasteiger partial charge in [0.05, 0.1) is 17.4 Å². The van der Waals surface area contributed by atoms with Gasteiger partial charge in [-0.05, 0) is 80.3 Å². The Morgan fingerprint density at radius 1 is 0.833 bits per heavy atom. The molecule has 0 aliphatic carbocycles. The van der Waals surface area contributed by atoms with E-state index in [0.717, 1.165) is 50.9 Å². The Morgan fingerprint density at radius 2 is 1.60 bits per heavy atom. The van der Waals surface area contributed by atoms with Crippen LogP contribution in [0.15, 0.2) is 120 Å². The van der Waals surface area contributed by atoms with Crippen molar-refractivity contribution >= 4 is 56.4 Å². The topological polar surface area (TPSA) is 78.9 Å². The summed E-state index contributed by atoms with van der Waals surface area (Å²) in [6.07, 6.45) is 3.53. The Morgan fingerprint density at radius 3 is 2.40 bits per heavy atom. The number of hydrogen-bond acceptors (Lipinski definition) is 6. The van der Waals surface area contributed by atoms with Crippen LogP contribution in [0.2, 0.25) is 0 Å². The minimum atomic E-state index is -0.161. The normalized spacial score (nSPS) is 11.5. The molecule has 4 aromatic carbocycles. The van der Waals surface area contributed by atoms with E-state index < -0.39 is 0 Å². The van der Waals surface area contributed by atoms with Crippen LogP contribution in [0.1, 0.15) is 15.9 Å². The van der Waals surface area contributed by atoms with E-state index >= 15 is 0 Å². The van der Waals surface area contributed by atoms with Crippen LogP contribution in [0.4, 0.5) is 23.0 Å². The zero-order valence-corrected chi connectivity index (χ0v) is 23.2. The number of furan rings is 1. The molecule has 0 saturated heterocycles. The molecule has 1 N–H and O–H groups in total. The number of nitrogens with zero attached hydrogens (tertiary/aromatic N) is 5. The van der Waals surface area contributed by atoms with Crippen LogP contribution in [0.25, 0.3) is 27.5 Å². The largest absolute Gasteiger partial charge is 0.454 e. The average molecular weight is 553 g/mol. The van der Waals surface area contributed by atoms with Gasteiger partial charge < -0.3 is 14.6 Å². The van der Waals surface area contributed by atoms with Crippen molar-refractivity contribution in [3.63, 3.8) is 0 Å². The smallest absolute Gasteiger partial charge is 0.255 e. The predicted molar refractivity (Wildman–Crippen MR) is 167 cm³/mol. The Balaban J connectivity index is 1.27. The maximum absolute atomic E-state index is 13.0. The first-order valence-corrected chi connectivity index (χ1v) is 13.7. The number of carbonyl (C=O) groups is 1. The van der Waals surface area contributed by atoms with Gasteiger partial charge in [-0.1, -0.05) is 42.5 Å². The lowest BCUT2D eigenvalue weighted by Gasteiger charge is -2.24. The minimum absolute atomic E-state index is 0.161. The molecule has 3 aromatic heterocycles. The van der Waals surface area contributed by atoms with Gasteiger partial charge in [0, 0.05) is 40.5 Å². The Bertz CT molecular complexity index is 2040. The van der Waals surface area contributed by atoms with E-state index in [4.69, 9.17) is 9.40 Å². The zero-order chi connectivity index (χ0) is 28.6. The van der Waals surface area contributed by atoms with Crippen LogP contribution < -0.4 is 10.2 Å². The third kappa shape index (κ3) is 4.63. The highest BCUT2D eigenvalue weighted by Crippen LogP contribution is 2.41. The molecule has 7 rings (SSSR count). The van der Waals surface area contributed by atoms with Crippen molar-refractivity contribution in [2.45, 2.75) is 6.54 Å². The van der Waals surface area contributed by atoms with Crippen LogP contribution in [-0.2, 0) is 6.54 Å². The molecule has 0 aliphatic rings. The number of hydrogen-bond donors (Lipinski definition) is 1. The van der Waals surface area contributed by atoms with Gasteiger partial charge in [0.15, 0.2) is 5.58 Å². The minimum Gasteiger partial charge on any atom is -0.454 e. The highest BCUT2D eigenvalue weighted by atomic mass is 16.3. The van der Waals surface area contributed by atoms with Crippen LogP contribution in [0.5, 0.6) is 0 Å². The molecule has 1 amide bonds. The van der Waals surface area contributed by atoms with Crippen molar-refractivity contribution in [2.24, 2.45) is 0 Å². The van der Waals surface area contributed by atoms with Crippen molar-refractivity contribution in [3.05, 3.63) is 127 Å². The number of carbonyl (C=O) groups excluding carboxylic acids is 1. The fraction of sp³-hybridized carbons (Fsp3) is 0.0882. The van der Waals surface area contributed by atoms with Crippen LogP contribution in [-0.4, -0.2) is 39.5 Å². The van der Waals surface area contributed by atoms with E-state index in [1.54, 1.807) is 16.9 Å². The first-order valence-electron chi connectivity index (χ1n) is 13.7. The van der Waals surface area contributed by atoms with Crippen molar-refractivity contribution in [1.82, 2.24) is 19.5 Å². The highest BCUT2D eigenvalue weighted by molar-refractivity contribution is 6.10. The number of aromatic nitrogens is 3. The molecule has 206 valence electrons. The maximum atomic E-state index is 13.0. The van der Waals surface area contributed by atoms with Gasteiger partial charge in [-0.3, -0.25) is 9.69 Å². The number of para-hydroxylation sites is 2. The lowest BCUT2D eigenvalue weighted by molar-refractivity contribution is 0.102. The van der Waals surface area contributed by atoms with Gasteiger partial charge in [-0.2, -0.15) is 9.61 Å². The van der Waals surface area contributed by atoms with E-state index in [0.29, 0.717) is 17.2 Å². The van der Waals surface area contributed by atoms with Gasteiger partial charge >= 0.3 is 0 Å². The molecule has 42 heavy (non-hydrogen) atoms. The number of benzene rings is 4. The number of rotatable bonds is 7. The zero-order valence-electron chi connectivity index (χ0n) is 23.2. The summed E-state index contributed by atoms with van der Waals surface area (Å²) in [5, 5.41) is 9.63. The average Bonchev–Trinajstić information content (AvgIpc) is 3.64. The van der Waals surface area contributed by atoms with Crippen molar-refractivity contribution < 1.29 is 9.21 Å². The van der Waals surface area contributed by atoms with Crippen molar-refractivity contribution in [3.8, 4) is 0 Å². The third-order valence-corrected chi connectivity index (χ3v) is 7.22. The fourth-order valence-electron chi connectivity index (χ4n) is 5.29. The van der Waals surface area contributed by atoms with Crippen LogP contribution in [0.3, 0.4) is 0 Å². The third-order valence-electron chi connectivity index (χ3n) is 7.22. The lowest BCUT2D eigenvalue weighted by Crippen LogP contribution is -2.16. The number of nitrogens with one attached hydrogen (secondary N) is 1. The molecular weight excluding hydrogens is 524 g/mol. The van der Waals surface area contributed by atoms with Crippen molar-refractivity contribution in [2.75, 3.05) is 24.3 Å². The molecule has 3 heterocycles. The first kappa shape index (κ1) is 25.5. The predicted octanol–water partition coefficient (Wildman–Crippen LogP) is 7.41.